The summed E-state index contributed by atoms with van der Waals surface area (Å²) in [5.74, 6) is -0.419. The minimum absolute atomic E-state index is 0.0861. The predicted molar refractivity (Wildman–Crippen MR) is 157 cm³/mol. The molecule has 0 saturated carbocycles. The van der Waals surface area contributed by atoms with Crippen LogP contribution in [0.1, 0.15) is 44.2 Å². The number of carbonyl (C=O) groups is 2. The first-order valence-corrected chi connectivity index (χ1v) is 13.8. The van der Waals surface area contributed by atoms with Crippen LogP contribution in [0.25, 0.3) is 11.1 Å². The highest BCUT2D eigenvalue weighted by molar-refractivity contribution is 6.35. The Morgan fingerprint density at radius 3 is 2.28 bits per heavy atom. The summed E-state index contributed by atoms with van der Waals surface area (Å²) in [6, 6.07) is 22.4. The van der Waals surface area contributed by atoms with Crippen LogP contribution in [0.3, 0.4) is 0 Å². The van der Waals surface area contributed by atoms with Crippen LogP contribution in [-0.4, -0.2) is 47.8 Å². The molecule has 0 aromatic heterocycles. The van der Waals surface area contributed by atoms with Gasteiger partial charge in [-0.25, -0.2) is 0 Å². The second-order valence-corrected chi connectivity index (χ2v) is 11.2. The smallest absolute Gasteiger partial charge is 0.244 e. The lowest BCUT2D eigenvalue weighted by Crippen LogP contribution is -2.49. The summed E-state index contributed by atoms with van der Waals surface area (Å²) in [5.41, 5.74) is 3.11. The number of halogens is 2. The van der Waals surface area contributed by atoms with E-state index in [1.807, 2.05) is 56.3 Å². The number of hydrogen-bond acceptors (Lipinski definition) is 4. The van der Waals surface area contributed by atoms with Crippen molar-refractivity contribution in [3.63, 3.8) is 0 Å². The maximum absolute atomic E-state index is 13.6. The molecule has 1 N–H and O–H groups in total. The molecule has 0 unspecified atom stereocenters. The number of nitriles is 1. The van der Waals surface area contributed by atoms with Crippen LogP contribution in [0.5, 0.6) is 0 Å². The Bertz CT molecular complexity index is 1360. The quantitative estimate of drug-likeness (QED) is 0.314. The number of anilines is 1. The number of rotatable bonds is 9. The molecule has 8 heteroatoms. The number of carbonyl (C=O) groups excluding carboxylic acids is 2. The van der Waals surface area contributed by atoms with Gasteiger partial charge in [0.1, 0.15) is 6.54 Å². The molecular formula is C31H32Cl2N4O2. The van der Waals surface area contributed by atoms with Crippen LogP contribution in [0, 0.1) is 11.3 Å². The number of benzene rings is 3. The first-order valence-electron chi connectivity index (χ1n) is 13.1. The number of hydrogen-bond donors (Lipinski definition) is 1. The molecule has 3 aromatic rings. The Balaban J connectivity index is 1.56. The van der Waals surface area contributed by atoms with Crippen molar-refractivity contribution in [2.75, 3.05) is 31.5 Å². The minimum Gasteiger partial charge on any atom is -0.324 e. The lowest BCUT2D eigenvalue weighted by atomic mass is 9.90. The van der Waals surface area contributed by atoms with Gasteiger partial charge in [-0.2, -0.15) is 5.26 Å². The largest absolute Gasteiger partial charge is 0.324 e. The maximum atomic E-state index is 13.6. The summed E-state index contributed by atoms with van der Waals surface area (Å²) < 4.78 is 0. The molecule has 1 aliphatic heterocycles. The molecule has 202 valence electrons. The Labute approximate surface area is 240 Å². The zero-order chi connectivity index (χ0) is 28.0. The SMILES string of the molecule is CC(C)(c1ccc(-c2cccc(C#N)c2)cc1)N(CC(=O)Nc1cc(Cl)cc(Cl)c1)C(=O)CCN1CCCC1. The summed E-state index contributed by atoms with van der Waals surface area (Å²) in [6.45, 7) is 6.46. The summed E-state index contributed by atoms with van der Waals surface area (Å²) in [6.07, 6.45) is 2.63. The van der Waals surface area contributed by atoms with E-state index in [4.69, 9.17) is 23.2 Å². The molecule has 0 spiro atoms. The van der Waals surface area contributed by atoms with Gasteiger partial charge in [-0.15, -0.1) is 0 Å². The highest BCUT2D eigenvalue weighted by Gasteiger charge is 2.34. The minimum atomic E-state index is -0.765. The third kappa shape index (κ3) is 7.39. The van der Waals surface area contributed by atoms with E-state index in [0.29, 0.717) is 34.3 Å². The van der Waals surface area contributed by atoms with E-state index in [2.05, 4.69) is 16.3 Å². The number of nitrogens with one attached hydrogen (secondary N) is 1. The molecule has 1 saturated heterocycles. The van der Waals surface area contributed by atoms with Crippen molar-refractivity contribution in [1.29, 1.82) is 5.26 Å². The van der Waals surface area contributed by atoms with Crippen molar-refractivity contribution in [2.24, 2.45) is 0 Å². The molecule has 3 aromatic carbocycles. The topological polar surface area (TPSA) is 76.4 Å². The number of likely N-dealkylation sites (tertiary alicyclic amines) is 1. The monoisotopic (exact) mass is 562 g/mol. The molecule has 0 bridgehead atoms. The Hall–Kier alpha value is -3.37. The van der Waals surface area contributed by atoms with Crippen LogP contribution in [0.4, 0.5) is 5.69 Å². The third-order valence-electron chi connectivity index (χ3n) is 7.18. The van der Waals surface area contributed by atoms with Gasteiger partial charge in [0.2, 0.25) is 11.8 Å². The lowest BCUT2D eigenvalue weighted by Gasteiger charge is -2.39. The average Bonchev–Trinajstić information content (AvgIpc) is 3.43. The molecule has 0 aliphatic carbocycles. The summed E-state index contributed by atoms with van der Waals surface area (Å²) >= 11 is 12.2. The Morgan fingerprint density at radius 2 is 1.64 bits per heavy atom. The van der Waals surface area contributed by atoms with E-state index < -0.39 is 5.54 Å². The van der Waals surface area contributed by atoms with E-state index >= 15 is 0 Å². The van der Waals surface area contributed by atoms with Crippen molar-refractivity contribution in [2.45, 2.75) is 38.6 Å². The highest BCUT2D eigenvalue weighted by atomic mass is 35.5. The molecule has 1 heterocycles. The van der Waals surface area contributed by atoms with Crippen molar-refractivity contribution < 1.29 is 9.59 Å². The standard InChI is InChI=1S/C31H32Cl2N4O2/c1-31(2,25-10-8-23(9-11-25)24-7-5-6-22(16-24)20-34)37(30(39)12-15-36-13-3-4-14-36)21-29(38)35-28-18-26(32)17-27(33)19-28/h5-11,16-19H,3-4,12-15,21H2,1-2H3,(H,35,38). The van der Waals surface area contributed by atoms with Crippen molar-refractivity contribution in [3.8, 4) is 17.2 Å². The molecule has 1 fully saturated rings. The average molecular weight is 564 g/mol. The molecule has 0 atom stereocenters. The van der Waals surface area contributed by atoms with Crippen molar-refractivity contribution in [3.05, 3.63) is 87.9 Å². The van der Waals surface area contributed by atoms with Gasteiger partial charge < -0.3 is 15.1 Å². The summed E-state index contributed by atoms with van der Waals surface area (Å²) in [7, 11) is 0. The Morgan fingerprint density at radius 1 is 0.974 bits per heavy atom. The van der Waals surface area contributed by atoms with Gasteiger partial charge in [-0.3, -0.25) is 9.59 Å². The van der Waals surface area contributed by atoms with Gasteiger partial charge >= 0.3 is 0 Å². The van der Waals surface area contributed by atoms with E-state index in [1.54, 1.807) is 29.2 Å². The first kappa shape index (κ1) is 28.6. The zero-order valence-corrected chi connectivity index (χ0v) is 23.7. The van der Waals surface area contributed by atoms with Crippen LogP contribution < -0.4 is 5.32 Å². The van der Waals surface area contributed by atoms with Crippen LogP contribution in [0.15, 0.2) is 66.7 Å². The lowest BCUT2D eigenvalue weighted by molar-refractivity contribution is -0.140. The molecule has 1 aliphatic rings. The molecule has 0 radical (unpaired) electrons. The van der Waals surface area contributed by atoms with Gasteiger partial charge in [0.05, 0.1) is 17.2 Å². The van der Waals surface area contributed by atoms with Crippen molar-refractivity contribution in [1.82, 2.24) is 9.80 Å². The van der Waals surface area contributed by atoms with Crippen LogP contribution >= 0.6 is 23.2 Å². The highest BCUT2D eigenvalue weighted by Crippen LogP contribution is 2.31. The fourth-order valence-corrected chi connectivity index (χ4v) is 5.48. The number of amides is 2. The molecule has 4 rings (SSSR count). The Kier molecular flexibility index (Phi) is 9.29. The molecule has 6 nitrogen and oxygen atoms in total. The van der Waals surface area contributed by atoms with Gasteiger partial charge in [-0.1, -0.05) is 59.6 Å². The zero-order valence-electron chi connectivity index (χ0n) is 22.2. The molecular weight excluding hydrogens is 531 g/mol. The third-order valence-corrected chi connectivity index (χ3v) is 7.62. The van der Waals surface area contributed by atoms with E-state index in [9.17, 15) is 14.9 Å². The fraction of sp³-hybridized carbons (Fsp3) is 0.323. The molecule has 2 amide bonds. The van der Waals surface area contributed by atoms with Crippen LogP contribution in [-0.2, 0) is 15.1 Å². The second-order valence-electron chi connectivity index (χ2n) is 10.3. The summed E-state index contributed by atoms with van der Waals surface area (Å²) in [5, 5.41) is 12.9. The van der Waals surface area contributed by atoms with Gasteiger partial charge in [-0.05, 0) is 86.8 Å². The van der Waals surface area contributed by atoms with E-state index in [0.717, 1.165) is 42.6 Å². The van der Waals surface area contributed by atoms with Gasteiger partial charge in [0.25, 0.3) is 0 Å². The second kappa shape index (κ2) is 12.7. The van der Waals surface area contributed by atoms with Gasteiger partial charge in [0, 0.05) is 28.7 Å². The predicted octanol–water partition coefficient (Wildman–Crippen LogP) is 6.72. The van der Waals surface area contributed by atoms with Crippen molar-refractivity contribution >= 4 is 40.7 Å². The van der Waals surface area contributed by atoms with E-state index in [1.165, 1.54) is 0 Å². The summed E-state index contributed by atoms with van der Waals surface area (Å²) in [4.78, 5) is 30.7. The van der Waals surface area contributed by atoms with Crippen LogP contribution in [0.2, 0.25) is 10.0 Å². The fourth-order valence-electron chi connectivity index (χ4n) is 4.96. The van der Waals surface area contributed by atoms with E-state index in [-0.39, 0.29) is 18.4 Å². The maximum Gasteiger partial charge on any atom is 0.244 e. The first-order chi connectivity index (χ1) is 18.7. The number of nitrogens with zero attached hydrogens (tertiary/aromatic N) is 3. The van der Waals surface area contributed by atoms with Gasteiger partial charge in [0.15, 0.2) is 0 Å². The normalized spacial score (nSPS) is 13.6. The molecule has 39 heavy (non-hydrogen) atoms.